The molecule has 0 unspecified atom stereocenters. The summed E-state index contributed by atoms with van der Waals surface area (Å²) in [4.78, 5) is 15.3. The van der Waals surface area contributed by atoms with Crippen LogP contribution in [-0.2, 0) is 11.3 Å². The molecule has 5 nitrogen and oxygen atoms in total. The Bertz CT molecular complexity index is 965. The van der Waals surface area contributed by atoms with E-state index in [1.165, 1.54) is 17.3 Å². The van der Waals surface area contributed by atoms with Gasteiger partial charge in [0, 0.05) is 19.0 Å². The highest BCUT2D eigenvalue weighted by Crippen LogP contribution is 2.42. The number of likely N-dealkylation sites (N-methyl/N-ethyl adjacent to an activating group) is 1. The van der Waals surface area contributed by atoms with E-state index in [1.54, 1.807) is 0 Å². The second-order valence-electron chi connectivity index (χ2n) is 7.61. The van der Waals surface area contributed by atoms with Gasteiger partial charge in [-0.25, -0.2) is 0 Å². The number of rotatable bonds is 9. The number of hydrogen-bond donors (Lipinski definition) is 0. The molecule has 1 aliphatic carbocycles. The molecule has 0 radical (unpaired) electrons. The summed E-state index contributed by atoms with van der Waals surface area (Å²) in [6.07, 6.45) is 2.33. The Morgan fingerprint density at radius 3 is 2.27 bits per heavy atom. The molecule has 1 aliphatic rings. The lowest BCUT2D eigenvalue weighted by Crippen LogP contribution is -2.34. The van der Waals surface area contributed by atoms with Crippen molar-refractivity contribution in [2.45, 2.75) is 49.6 Å². The molecule has 6 heteroatoms. The minimum Gasteiger partial charge on any atom is -0.342 e. The molecule has 0 bridgehead atoms. The maximum absolute atomic E-state index is 13.4. The van der Waals surface area contributed by atoms with E-state index in [4.69, 9.17) is 0 Å². The summed E-state index contributed by atoms with van der Waals surface area (Å²) < 4.78 is 2.21. The van der Waals surface area contributed by atoms with E-state index < -0.39 is 0 Å². The van der Waals surface area contributed by atoms with Gasteiger partial charge in [0.15, 0.2) is 5.16 Å². The molecule has 1 fully saturated rings. The average Bonchev–Trinajstić information content (AvgIpc) is 3.56. The smallest absolute Gasteiger partial charge is 0.240 e. The maximum Gasteiger partial charge on any atom is 0.240 e. The SMILES string of the molecule is CCN(CC)C(=O)[C@H](Sc1nnc(C2CC2)n1Cc1ccccc1)c1ccccc1. The molecule has 0 aliphatic heterocycles. The van der Waals surface area contributed by atoms with Crippen molar-refractivity contribution in [2.24, 2.45) is 0 Å². The van der Waals surface area contributed by atoms with Crippen molar-refractivity contribution in [2.75, 3.05) is 13.1 Å². The van der Waals surface area contributed by atoms with Crippen LogP contribution in [0.4, 0.5) is 0 Å². The molecule has 1 heterocycles. The van der Waals surface area contributed by atoms with Gasteiger partial charge in [-0.1, -0.05) is 72.4 Å². The van der Waals surface area contributed by atoms with E-state index in [1.807, 2.05) is 55.1 Å². The van der Waals surface area contributed by atoms with Crippen LogP contribution in [0.3, 0.4) is 0 Å². The highest BCUT2D eigenvalue weighted by atomic mass is 32.2. The minimum absolute atomic E-state index is 0.124. The van der Waals surface area contributed by atoms with Crippen LogP contribution in [0.25, 0.3) is 0 Å². The lowest BCUT2D eigenvalue weighted by molar-refractivity contribution is -0.130. The number of nitrogens with zero attached hydrogens (tertiary/aromatic N) is 4. The molecule has 1 aromatic heterocycles. The number of thioether (sulfide) groups is 1. The van der Waals surface area contributed by atoms with E-state index in [0.717, 1.165) is 35.9 Å². The van der Waals surface area contributed by atoms with Gasteiger partial charge in [0.2, 0.25) is 5.91 Å². The van der Waals surface area contributed by atoms with Gasteiger partial charge in [-0.15, -0.1) is 10.2 Å². The van der Waals surface area contributed by atoms with Crippen LogP contribution in [-0.4, -0.2) is 38.7 Å². The Morgan fingerprint density at radius 1 is 1.03 bits per heavy atom. The van der Waals surface area contributed by atoms with Gasteiger partial charge in [-0.2, -0.15) is 0 Å². The molecular formula is C24H28N4OS. The highest BCUT2D eigenvalue weighted by molar-refractivity contribution is 8.00. The third kappa shape index (κ3) is 4.59. The second kappa shape index (κ2) is 9.47. The molecular weight excluding hydrogens is 392 g/mol. The van der Waals surface area contributed by atoms with Gasteiger partial charge in [0.25, 0.3) is 0 Å². The summed E-state index contributed by atoms with van der Waals surface area (Å²) in [6.45, 7) is 6.17. The number of benzene rings is 2. The van der Waals surface area contributed by atoms with Crippen LogP contribution in [0.1, 0.15) is 54.8 Å². The fourth-order valence-electron chi connectivity index (χ4n) is 3.64. The summed E-state index contributed by atoms with van der Waals surface area (Å²) in [5.74, 6) is 1.66. The van der Waals surface area contributed by atoms with Gasteiger partial charge in [0.1, 0.15) is 11.1 Å². The molecule has 2 aromatic carbocycles. The van der Waals surface area contributed by atoms with Crippen molar-refractivity contribution in [1.82, 2.24) is 19.7 Å². The maximum atomic E-state index is 13.4. The lowest BCUT2D eigenvalue weighted by atomic mass is 10.1. The first-order valence-corrected chi connectivity index (χ1v) is 11.6. The Labute approximate surface area is 182 Å². The Morgan fingerprint density at radius 2 is 1.67 bits per heavy atom. The highest BCUT2D eigenvalue weighted by Gasteiger charge is 2.33. The van der Waals surface area contributed by atoms with Crippen LogP contribution in [0.5, 0.6) is 0 Å². The lowest BCUT2D eigenvalue weighted by Gasteiger charge is -2.25. The number of aromatic nitrogens is 3. The first-order chi connectivity index (χ1) is 14.7. The zero-order chi connectivity index (χ0) is 20.9. The van der Waals surface area contributed by atoms with Gasteiger partial charge in [0.05, 0.1) is 6.54 Å². The monoisotopic (exact) mass is 420 g/mol. The van der Waals surface area contributed by atoms with E-state index >= 15 is 0 Å². The van der Waals surface area contributed by atoms with Crippen molar-refractivity contribution in [3.63, 3.8) is 0 Å². The summed E-state index contributed by atoms with van der Waals surface area (Å²) in [5, 5.41) is 9.55. The van der Waals surface area contributed by atoms with E-state index in [-0.39, 0.29) is 11.2 Å². The van der Waals surface area contributed by atoms with Crippen LogP contribution < -0.4 is 0 Å². The minimum atomic E-state index is -0.336. The van der Waals surface area contributed by atoms with Crippen LogP contribution >= 0.6 is 11.8 Å². The van der Waals surface area contributed by atoms with Gasteiger partial charge in [-0.3, -0.25) is 4.79 Å². The van der Waals surface area contributed by atoms with E-state index in [2.05, 4.69) is 39.0 Å². The summed E-state index contributed by atoms with van der Waals surface area (Å²) in [7, 11) is 0. The summed E-state index contributed by atoms with van der Waals surface area (Å²) >= 11 is 1.52. The second-order valence-corrected chi connectivity index (χ2v) is 8.68. The molecule has 1 amide bonds. The predicted octanol–water partition coefficient (Wildman–Crippen LogP) is 4.91. The largest absolute Gasteiger partial charge is 0.342 e. The van der Waals surface area contributed by atoms with Crippen LogP contribution in [0, 0.1) is 0 Å². The van der Waals surface area contributed by atoms with Gasteiger partial charge >= 0.3 is 0 Å². The number of carbonyl (C=O) groups excluding carboxylic acids is 1. The van der Waals surface area contributed by atoms with Gasteiger partial charge < -0.3 is 9.47 Å². The standard InChI is InChI=1S/C24H28N4OS/c1-3-27(4-2)23(29)21(19-13-9-6-10-14-19)30-24-26-25-22(20-15-16-20)28(24)17-18-11-7-5-8-12-18/h5-14,20-21H,3-4,15-17H2,1-2H3/t21-/m1/s1. The summed E-state index contributed by atoms with van der Waals surface area (Å²) in [6, 6.07) is 20.4. The van der Waals surface area contributed by atoms with Crippen molar-refractivity contribution >= 4 is 17.7 Å². The zero-order valence-electron chi connectivity index (χ0n) is 17.6. The number of amides is 1. The molecule has 0 spiro atoms. The van der Waals surface area contributed by atoms with Gasteiger partial charge in [-0.05, 0) is 37.8 Å². The third-order valence-electron chi connectivity index (χ3n) is 5.50. The van der Waals surface area contributed by atoms with E-state index in [0.29, 0.717) is 19.0 Å². The van der Waals surface area contributed by atoms with E-state index in [9.17, 15) is 4.79 Å². The van der Waals surface area contributed by atoms with Crippen LogP contribution in [0.2, 0.25) is 0 Å². The van der Waals surface area contributed by atoms with Crippen LogP contribution in [0.15, 0.2) is 65.8 Å². The normalized spacial score (nSPS) is 14.5. The van der Waals surface area contributed by atoms with Crippen molar-refractivity contribution in [3.05, 3.63) is 77.6 Å². The molecule has 1 saturated carbocycles. The number of carbonyl (C=O) groups is 1. The fourth-order valence-corrected chi connectivity index (χ4v) is 4.77. The first kappa shape index (κ1) is 20.7. The van der Waals surface area contributed by atoms with Crippen molar-refractivity contribution < 1.29 is 4.79 Å². The first-order valence-electron chi connectivity index (χ1n) is 10.7. The molecule has 3 aromatic rings. The Balaban J connectivity index is 1.68. The molecule has 4 rings (SSSR count). The quantitative estimate of drug-likeness (QED) is 0.462. The molecule has 30 heavy (non-hydrogen) atoms. The third-order valence-corrected chi connectivity index (χ3v) is 6.72. The topological polar surface area (TPSA) is 51.0 Å². The average molecular weight is 421 g/mol. The van der Waals surface area contributed by atoms with Crippen molar-refractivity contribution in [3.8, 4) is 0 Å². The molecule has 0 N–H and O–H groups in total. The predicted molar refractivity (Wildman–Crippen MR) is 121 cm³/mol. The zero-order valence-corrected chi connectivity index (χ0v) is 18.4. The molecule has 156 valence electrons. The van der Waals surface area contributed by atoms with Crippen molar-refractivity contribution in [1.29, 1.82) is 0 Å². The Kier molecular flexibility index (Phi) is 6.53. The number of hydrogen-bond acceptors (Lipinski definition) is 4. The Hall–Kier alpha value is -2.60. The summed E-state index contributed by atoms with van der Waals surface area (Å²) in [5.41, 5.74) is 2.22. The molecule has 0 saturated heterocycles. The fraction of sp³-hybridized carbons (Fsp3) is 0.375. The molecule has 1 atom stereocenters.